The molecule has 1 fully saturated rings. The summed E-state index contributed by atoms with van der Waals surface area (Å²) in [4.78, 5) is 12.7. The Labute approximate surface area is 121 Å². The summed E-state index contributed by atoms with van der Waals surface area (Å²) in [5, 5.41) is 13.9. The predicted octanol–water partition coefficient (Wildman–Crippen LogP) is 2.40. The van der Waals surface area contributed by atoms with Crippen molar-refractivity contribution in [2.75, 3.05) is 26.7 Å². The molecule has 0 bridgehead atoms. The monoisotopic (exact) mass is 327 g/mol. The number of non-ortho nitro benzene ring substituents is 1. The minimum atomic E-state index is -0.368. The normalized spacial score (nSPS) is 19.8. The van der Waals surface area contributed by atoms with Crippen LogP contribution in [0.25, 0.3) is 0 Å². The van der Waals surface area contributed by atoms with Crippen molar-refractivity contribution in [2.45, 2.75) is 13.0 Å². The molecular weight excluding hydrogens is 310 g/mol. The van der Waals surface area contributed by atoms with E-state index in [-0.39, 0.29) is 10.6 Å². The highest BCUT2D eigenvalue weighted by Crippen LogP contribution is 2.26. The summed E-state index contributed by atoms with van der Waals surface area (Å²) in [6.07, 6.45) is 1.21. The third-order valence-corrected chi connectivity index (χ3v) is 4.24. The highest BCUT2D eigenvalue weighted by molar-refractivity contribution is 9.10. The van der Waals surface area contributed by atoms with Gasteiger partial charge in [0.15, 0.2) is 0 Å². The lowest BCUT2D eigenvalue weighted by Crippen LogP contribution is -2.24. The van der Waals surface area contributed by atoms with Crippen LogP contribution in [0.5, 0.6) is 0 Å². The molecule has 0 aliphatic carbocycles. The van der Waals surface area contributed by atoms with Gasteiger partial charge >= 0.3 is 0 Å². The van der Waals surface area contributed by atoms with Gasteiger partial charge in [-0.25, -0.2) is 0 Å². The third-order valence-electron chi connectivity index (χ3n) is 3.50. The van der Waals surface area contributed by atoms with Crippen LogP contribution in [0.2, 0.25) is 0 Å². The summed E-state index contributed by atoms with van der Waals surface area (Å²) < 4.78 is 0.818. The Bertz CT molecular complexity index is 467. The quantitative estimate of drug-likeness (QED) is 0.666. The molecule has 0 radical (unpaired) electrons. The Kier molecular flexibility index (Phi) is 4.90. The third kappa shape index (κ3) is 3.75. The molecule has 1 aliphatic rings. The molecule has 1 N–H and O–H groups in total. The van der Waals surface area contributed by atoms with Gasteiger partial charge in [-0.2, -0.15) is 0 Å². The van der Waals surface area contributed by atoms with E-state index in [0.29, 0.717) is 5.92 Å². The molecule has 0 aromatic heterocycles. The first-order chi connectivity index (χ1) is 9.10. The van der Waals surface area contributed by atoms with Crippen LogP contribution in [0.3, 0.4) is 0 Å². The van der Waals surface area contributed by atoms with E-state index in [9.17, 15) is 10.1 Å². The summed E-state index contributed by atoms with van der Waals surface area (Å²) in [5.41, 5.74) is 1.24. The van der Waals surface area contributed by atoms with Gasteiger partial charge in [-0.05, 0) is 44.1 Å². The number of nitro benzene ring substituents is 1. The van der Waals surface area contributed by atoms with Crippen molar-refractivity contribution >= 4 is 21.6 Å². The fourth-order valence-corrected chi connectivity index (χ4v) is 3.02. The van der Waals surface area contributed by atoms with Crippen LogP contribution >= 0.6 is 15.9 Å². The van der Waals surface area contributed by atoms with Crippen molar-refractivity contribution in [3.8, 4) is 0 Å². The van der Waals surface area contributed by atoms with Gasteiger partial charge in [-0.15, -0.1) is 0 Å². The molecular formula is C13H18BrN3O2. The van der Waals surface area contributed by atoms with Gasteiger partial charge < -0.3 is 5.32 Å². The zero-order valence-electron chi connectivity index (χ0n) is 10.9. The Morgan fingerprint density at radius 2 is 2.37 bits per heavy atom. The highest BCUT2D eigenvalue weighted by atomic mass is 79.9. The van der Waals surface area contributed by atoms with E-state index in [1.54, 1.807) is 12.1 Å². The van der Waals surface area contributed by atoms with Gasteiger partial charge in [0.05, 0.1) is 4.92 Å². The number of nitrogens with one attached hydrogen (secondary N) is 1. The van der Waals surface area contributed by atoms with Crippen LogP contribution in [0.4, 0.5) is 5.69 Å². The second-order valence-electron chi connectivity index (χ2n) is 4.98. The molecule has 1 saturated heterocycles. The summed E-state index contributed by atoms with van der Waals surface area (Å²) >= 11 is 3.43. The minimum Gasteiger partial charge on any atom is -0.319 e. The fourth-order valence-electron chi connectivity index (χ4n) is 2.53. The van der Waals surface area contributed by atoms with Crippen molar-refractivity contribution in [1.82, 2.24) is 10.2 Å². The van der Waals surface area contributed by atoms with Crippen LogP contribution in [-0.2, 0) is 6.54 Å². The molecule has 1 aromatic rings. The average Bonchev–Trinajstić information content (AvgIpc) is 2.79. The molecule has 2 rings (SSSR count). The number of hydrogen-bond donors (Lipinski definition) is 1. The molecule has 0 spiro atoms. The van der Waals surface area contributed by atoms with Gasteiger partial charge in [0.2, 0.25) is 0 Å². The van der Waals surface area contributed by atoms with E-state index in [1.165, 1.54) is 6.42 Å². The van der Waals surface area contributed by atoms with E-state index >= 15 is 0 Å². The van der Waals surface area contributed by atoms with E-state index in [0.717, 1.165) is 36.2 Å². The van der Waals surface area contributed by atoms with E-state index < -0.39 is 0 Å². The molecule has 6 heteroatoms. The van der Waals surface area contributed by atoms with Gasteiger partial charge in [0.1, 0.15) is 0 Å². The number of nitrogens with zero attached hydrogens (tertiary/aromatic N) is 2. The second kappa shape index (κ2) is 6.45. The van der Waals surface area contributed by atoms with Crippen molar-refractivity contribution in [3.63, 3.8) is 0 Å². The Hall–Kier alpha value is -0.980. The maximum Gasteiger partial charge on any atom is 0.270 e. The smallest absolute Gasteiger partial charge is 0.270 e. The standard InChI is InChI=1S/C13H18BrN3O2/c1-15-7-10-4-5-16(8-10)9-11-2-3-12(17(18)19)6-13(11)14/h2-3,6,10,15H,4-5,7-9H2,1H3. The lowest BCUT2D eigenvalue weighted by Gasteiger charge is -2.17. The first-order valence-electron chi connectivity index (χ1n) is 6.40. The molecule has 0 amide bonds. The van der Waals surface area contributed by atoms with Crippen LogP contribution in [-0.4, -0.2) is 36.5 Å². The molecule has 1 unspecified atom stereocenters. The molecule has 104 valence electrons. The van der Waals surface area contributed by atoms with Crippen LogP contribution < -0.4 is 5.32 Å². The number of halogens is 1. The molecule has 1 atom stereocenters. The Morgan fingerprint density at radius 3 is 3.00 bits per heavy atom. The molecule has 1 aromatic carbocycles. The number of benzene rings is 1. The van der Waals surface area contributed by atoms with Gasteiger partial charge in [0.25, 0.3) is 5.69 Å². The molecule has 0 saturated carbocycles. The van der Waals surface area contributed by atoms with E-state index in [1.807, 2.05) is 13.1 Å². The van der Waals surface area contributed by atoms with Gasteiger partial charge in [0, 0.05) is 29.7 Å². The number of hydrogen-bond acceptors (Lipinski definition) is 4. The van der Waals surface area contributed by atoms with Crippen molar-refractivity contribution in [1.29, 1.82) is 0 Å². The molecule has 1 aliphatic heterocycles. The van der Waals surface area contributed by atoms with E-state index in [4.69, 9.17) is 0 Å². The van der Waals surface area contributed by atoms with E-state index in [2.05, 4.69) is 26.1 Å². The zero-order chi connectivity index (χ0) is 13.8. The number of nitro groups is 1. The number of rotatable bonds is 5. The molecule has 19 heavy (non-hydrogen) atoms. The van der Waals surface area contributed by atoms with Crippen molar-refractivity contribution in [2.24, 2.45) is 5.92 Å². The van der Waals surface area contributed by atoms with Crippen LogP contribution in [0.15, 0.2) is 22.7 Å². The van der Waals surface area contributed by atoms with Crippen LogP contribution in [0, 0.1) is 16.0 Å². The zero-order valence-corrected chi connectivity index (χ0v) is 12.5. The molecule has 1 heterocycles. The molecule has 5 nitrogen and oxygen atoms in total. The SMILES string of the molecule is CNCC1CCN(Cc2ccc([N+](=O)[O-])cc2Br)C1. The maximum absolute atomic E-state index is 10.7. The fraction of sp³-hybridized carbons (Fsp3) is 0.538. The Morgan fingerprint density at radius 1 is 1.58 bits per heavy atom. The maximum atomic E-state index is 10.7. The predicted molar refractivity (Wildman–Crippen MR) is 78.1 cm³/mol. The minimum absolute atomic E-state index is 0.130. The average molecular weight is 328 g/mol. The lowest BCUT2D eigenvalue weighted by molar-refractivity contribution is -0.384. The number of likely N-dealkylation sites (tertiary alicyclic amines) is 1. The summed E-state index contributed by atoms with van der Waals surface area (Å²) in [6.45, 7) is 4.08. The summed E-state index contributed by atoms with van der Waals surface area (Å²) in [5.74, 6) is 0.710. The van der Waals surface area contributed by atoms with Gasteiger partial charge in [-0.3, -0.25) is 15.0 Å². The van der Waals surface area contributed by atoms with Crippen molar-refractivity contribution < 1.29 is 4.92 Å². The first kappa shape index (κ1) is 14.4. The largest absolute Gasteiger partial charge is 0.319 e. The van der Waals surface area contributed by atoms with Crippen molar-refractivity contribution in [3.05, 3.63) is 38.3 Å². The second-order valence-corrected chi connectivity index (χ2v) is 5.83. The lowest BCUT2D eigenvalue weighted by atomic mass is 10.1. The van der Waals surface area contributed by atoms with Crippen LogP contribution in [0.1, 0.15) is 12.0 Å². The summed E-state index contributed by atoms with van der Waals surface area (Å²) in [6, 6.07) is 4.99. The topological polar surface area (TPSA) is 58.4 Å². The first-order valence-corrected chi connectivity index (χ1v) is 7.19. The van der Waals surface area contributed by atoms with Gasteiger partial charge in [-0.1, -0.05) is 15.9 Å². The summed E-state index contributed by atoms with van der Waals surface area (Å²) in [7, 11) is 1.98. The Balaban J connectivity index is 1.98. The highest BCUT2D eigenvalue weighted by Gasteiger charge is 2.22.